The summed E-state index contributed by atoms with van der Waals surface area (Å²) in [7, 11) is 0. The predicted octanol–water partition coefficient (Wildman–Crippen LogP) is 3.65. The smallest absolute Gasteiger partial charge is 0.240 e. The largest absolute Gasteiger partial charge is 0.355 e. The summed E-state index contributed by atoms with van der Waals surface area (Å²) in [4.78, 5) is 12.0. The standard InChI is InChI=1S/C16H28N2O/c1-13(2)8-6-4-5-7-9-18-15(19)16(12-17)10-14(3)11-16/h13-14H,4-11H2,1-3H3,(H,18,19). The SMILES string of the molecule is CC(C)CCCCCCNC(=O)C1(C#N)CC(C)C1. The van der Waals surface area contributed by atoms with Crippen molar-refractivity contribution in [2.24, 2.45) is 17.3 Å². The number of nitrogens with zero attached hydrogens (tertiary/aromatic N) is 1. The van der Waals surface area contributed by atoms with Gasteiger partial charge in [0.05, 0.1) is 6.07 Å². The monoisotopic (exact) mass is 264 g/mol. The minimum atomic E-state index is -0.711. The number of nitrogens with one attached hydrogen (secondary N) is 1. The summed E-state index contributed by atoms with van der Waals surface area (Å²) in [6.07, 6.45) is 7.47. The molecular formula is C16H28N2O. The van der Waals surface area contributed by atoms with Crippen molar-refractivity contribution in [3.05, 3.63) is 0 Å². The molecule has 0 atom stereocenters. The lowest BCUT2D eigenvalue weighted by Gasteiger charge is -2.39. The molecule has 19 heavy (non-hydrogen) atoms. The van der Waals surface area contributed by atoms with Crippen molar-refractivity contribution in [3.8, 4) is 6.07 Å². The van der Waals surface area contributed by atoms with Gasteiger partial charge in [-0.15, -0.1) is 0 Å². The zero-order valence-electron chi connectivity index (χ0n) is 12.7. The third-order valence-electron chi connectivity index (χ3n) is 4.04. The Kier molecular flexibility index (Phi) is 6.34. The molecule has 1 amide bonds. The van der Waals surface area contributed by atoms with Gasteiger partial charge >= 0.3 is 0 Å². The molecule has 0 aromatic carbocycles. The fraction of sp³-hybridized carbons (Fsp3) is 0.875. The minimum absolute atomic E-state index is 0.0460. The Morgan fingerprint density at radius 3 is 2.47 bits per heavy atom. The first-order valence-corrected chi connectivity index (χ1v) is 7.70. The van der Waals surface area contributed by atoms with Crippen LogP contribution < -0.4 is 5.32 Å². The van der Waals surface area contributed by atoms with Crippen LogP contribution in [0, 0.1) is 28.6 Å². The zero-order valence-corrected chi connectivity index (χ0v) is 12.7. The van der Waals surface area contributed by atoms with E-state index in [1.807, 2.05) is 0 Å². The molecule has 3 nitrogen and oxygen atoms in total. The lowest BCUT2D eigenvalue weighted by Crippen LogP contribution is -2.48. The van der Waals surface area contributed by atoms with E-state index in [-0.39, 0.29) is 5.91 Å². The predicted molar refractivity (Wildman–Crippen MR) is 77.4 cm³/mol. The number of carbonyl (C=O) groups is 1. The zero-order chi connectivity index (χ0) is 14.3. The molecule has 1 rings (SSSR count). The lowest BCUT2D eigenvalue weighted by molar-refractivity contribution is -0.133. The Morgan fingerprint density at radius 1 is 1.32 bits per heavy atom. The first kappa shape index (κ1) is 16.0. The quantitative estimate of drug-likeness (QED) is 0.680. The molecule has 1 aliphatic carbocycles. The van der Waals surface area contributed by atoms with Crippen molar-refractivity contribution in [1.82, 2.24) is 5.32 Å². The van der Waals surface area contributed by atoms with E-state index in [1.165, 1.54) is 25.7 Å². The van der Waals surface area contributed by atoms with E-state index < -0.39 is 5.41 Å². The molecule has 0 unspecified atom stereocenters. The second-order valence-electron chi connectivity index (χ2n) is 6.56. The molecule has 1 fully saturated rings. The van der Waals surface area contributed by atoms with Crippen molar-refractivity contribution in [1.29, 1.82) is 5.26 Å². The van der Waals surface area contributed by atoms with Crippen LogP contribution in [0.15, 0.2) is 0 Å². The fourth-order valence-corrected chi connectivity index (χ4v) is 2.86. The third-order valence-corrected chi connectivity index (χ3v) is 4.04. The van der Waals surface area contributed by atoms with Gasteiger partial charge in [0.25, 0.3) is 0 Å². The fourth-order valence-electron chi connectivity index (χ4n) is 2.86. The number of amides is 1. The summed E-state index contributed by atoms with van der Waals surface area (Å²) in [5.41, 5.74) is -0.711. The molecule has 0 heterocycles. The molecule has 1 aliphatic rings. The van der Waals surface area contributed by atoms with Gasteiger partial charge in [0.1, 0.15) is 5.41 Å². The van der Waals surface area contributed by atoms with Gasteiger partial charge in [0.15, 0.2) is 0 Å². The summed E-state index contributed by atoms with van der Waals surface area (Å²) >= 11 is 0. The molecule has 0 spiro atoms. The topological polar surface area (TPSA) is 52.9 Å². The van der Waals surface area contributed by atoms with E-state index in [1.54, 1.807) is 0 Å². The van der Waals surface area contributed by atoms with E-state index in [2.05, 4.69) is 32.2 Å². The Balaban J connectivity index is 2.07. The second kappa shape index (κ2) is 7.53. The molecule has 0 aliphatic heterocycles. The first-order valence-electron chi connectivity index (χ1n) is 7.70. The Labute approximate surface area is 117 Å². The van der Waals surface area contributed by atoms with Gasteiger partial charge in [-0.25, -0.2) is 0 Å². The van der Waals surface area contributed by atoms with Gasteiger partial charge in [0.2, 0.25) is 5.91 Å². The van der Waals surface area contributed by atoms with E-state index in [4.69, 9.17) is 5.26 Å². The van der Waals surface area contributed by atoms with Crippen LogP contribution in [0.1, 0.15) is 65.7 Å². The van der Waals surface area contributed by atoms with Crippen LogP contribution in [0.4, 0.5) is 0 Å². The number of hydrogen-bond acceptors (Lipinski definition) is 2. The van der Waals surface area contributed by atoms with E-state index in [9.17, 15) is 4.79 Å². The summed E-state index contributed by atoms with van der Waals surface area (Å²) < 4.78 is 0. The Bertz CT molecular complexity index is 324. The maximum absolute atomic E-state index is 12.0. The van der Waals surface area contributed by atoms with E-state index >= 15 is 0 Å². The van der Waals surface area contributed by atoms with Gasteiger partial charge < -0.3 is 5.32 Å². The normalized spacial score (nSPS) is 25.7. The lowest BCUT2D eigenvalue weighted by atomic mass is 9.63. The average Bonchev–Trinajstić information content (AvgIpc) is 2.32. The van der Waals surface area contributed by atoms with Crippen molar-refractivity contribution >= 4 is 5.91 Å². The molecule has 1 saturated carbocycles. The molecule has 3 heteroatoms. The van der Waals surface area contributed by atoms with Crippen LogP contribution in [-0.4, -0.2) is 12.5 Å². The van der Waals surface area contributed by atoms with Gasteiger partial charge in [-0.3, -0.25) is 4.79 Å². The molecule has 0 radical (unpaired) electrons. The highest BCUT2D eigenvalue weighted by Crippen LogP contribution is 2.44. The van der Waals surface area contributed by atoms with Crippen molar-refractivity contribution in [2.75, 3.05) is 6.54 Å². The first-order chi connectivity index (χ1) is 9.00. The summed E-state index contributed by atoms with van der Waals surface area (Å²) in [5, 5.41) is 12.1. The Hall–Kier alpha value is -1.04. The average molecular weight is 264 g/mol. The third kappa shape index (κ3) is 4.86. The molecule has 0 saturated heterocycles. The van der Waals surface area contributed by atoms with Crippen LogP contribution in [0.5, 0.6) is 0 Å². The maximum Gasteiger partial charge on any atom is 0.240 e. The number of nitriles is 1. The summed E-state index contributed by atoms with van der Waals surface area (Å²) in [6.45, 7) is 7.32. The van der Waals surface area contributed by atoms with Gasteiger partial charge in [-0.1, -0.05) is 46.5 Å². The summed E-state index contributed by atoms with van der Waals surface area (Å²) in [5.74, 6) is 1.26. The van der Waals surface area contributed by atoms with E-state index in [0.29, 0.717) is 5.92 Å². The maximum atomic E-state index is 12.0. The number of rotatable bonds is 8. The minimum Gasteiger partial charge on any atom is -0.355 e. The second-order valence-corrected chi connectivity index (χ2v) is 6.56. The molecule has 0 bridgehead atoms. The van der Waals surface area contributed by atoms with Crippen LogP contribution in [0.2, 0.25) is 0 Å². The number of unbranched alkanes of at least 4 members (excludes halogenated alkanes) is 3. The molecule has 108 valence electrons. The molecule has 0 aromatic heterocycles. The van der Waals surface area contributed by atoms with Crippen molar-refractivity contribution in [2.45, 2.75) is 65.7 Å². The molecule has 1 N–H and O–H groups in total. The van der Waals surface area contributed by atoms with Crippen molar-refractivity contribution in [3.63, 3.8) is 0 Å². The van der Waals surface area contributed by atoms with Crippen molar-refractivity contribution < 1.29 is 4.79 Å². The van der Waals surface area contributed by atoms with Crippen LogP contribution >= 0.6 is 0 Å². The highest BCUT2D eigenvalue weighted by atomic mass is 16.2. The van der Waals surface area contributed by atoms with Crippen LogP contribution in [0.25, 0.3) is 0 Å². The highest BCUT2D eigenvalue weighted by molar-refractivity contribution is 5.86. The van der Waals surface area contributed by atoms with Gasteiger partial charge in [-0.05, 0) is 31.1 Å². The van der Waals surface area contributed by atoms with Crippen LogP contribution in [0.3, 0.4) is 0 Å². The van der Waals surface area contributed by atoms with E-state index in [0.717, 1.165) is 31.7 Å². The van der Waals surface area contributed by atoms with Crippen LogP contribution in [-0.2, 0) is 4.79 Å². The van der Waals surface area contributed by atoms with Gasteiger partial charge in [0, 0.05) is 6.54 Å². The Morgan fingerprint density at radius 2 is 1.95 bits per heavy atom. The summed E-state index contributed by atoms with van der Waals surface area (Å²) in [6, 6.07) is 2.21. The number of hydrogen-bond donors (Lipinski definition) is 1. The highest BCUT2D eigenvalue weighted by Gasteiger charge is 2.48. The number of carbonyl (C=O) groups excluding carboxylic acids is 1. The molecule has 0 aromatic rings. The van der Waals surface area contributed by atoms with Gasteiger partial charge in [-0.2, -0.15) is 5.26 Å². The molecular weight excluding hydrogens is 236 g/mol.